The van der Waals surface area contributed by atoms with E-state index in [9.17, 15) is 0 Å². The second-order valence-electron chi connectivity index (χ2n) is 1.69. The van der Waals surface area contributed by atoms with Crippen LogP contribution in [0.3, 0.4) is 0 Å². The van der Waals surface area contributed by atoms with Crippen LogP contribution >= 0.6 is 15.9 Å². The van der Waals surface area contributed by atoms with Gasteiger partial charge in [-0.15, -0.1) is 0 Å². The molecule has 1 fully saturated rings. The Morgan fingerprint density at radius 2 is 2.57 bits per heavy atom. The highest BCUT2D eigenvalue weighted by molar-refractivity contribution is 9.11. The van der Waals surface area contributed by atoms with Crippen molar-refractivity contribution in [2.45, 2.75) is 6.42 Å². The van der Waals surface area contributed by atoms with Crippen molar-refractivity contribution < 1.29 is 0 Å². The lowest BCUT2D eigenvalue weighted by molar-refractivity contribution is 0.862. The molecular formula is C5H8BrN. The summed E-state index contributed by atoms with van der Waals surface area (Å²) >= 11 is 3.27. The normalized spacial score (nSPS) is 26.7. The summed E-state index contributed by atoms with van der Waals surface area (Å²) in [5.74, 6) is 0. The monoisotopic (exact) mass is 161 g/mol. The van der Waals surface area contributed by atoms with Gasteiger partial charge < -0.3 is 5.32 Å². The van der Waals surface area contributed by atoms with Gasteiger partial charge in [-0.1, -0.05) is 15.9 Å². The Labute approximate surface area is 51.9 Å². The van der Waals surface area contributed by atoms with Gasteiger partial charge in [-0.05, 0) is 23.5 Å². The van der Waals surface area contributed by atoms with E-state index in [1.165, 1.54) is 12.0 Å². The van der Waals surface area contributed by atoms with Crippen LogP contribution in [-0.4, -0.2) is 13.1 Å². The largest absolute Gasteiger partial charge is 0.313 e. The number of rotatable bonds is 0. The molecule has 1 heterocycles. The van der Waals surface area contributed by atoms with E-state index in [0.29, 0.717) is 0 Å². The summed E-state index contributed by atoms with van der Waals surface area (Å²) in [6.07, 6.45) is 1.21. The highest BCUT2D eigenvalue weighted by Gasteiger charge is 2.02. The summed E-state index contributed by atoms with van der Waals surface area (Å²) in [4.78, 5) is 2.01. The quantitative estimate of drug-likeness (QED) is 0.565. The smallest absolute Gasteiger partial charge is 0.0173 e. The van der Waals surface area contributed by atoms with Gasteiger partial charge in [0.2, 0.25) is 0 Å². The van der Waals surface area contributed by atoms with E-state index in [0.717, 1.165) is 13.1 Å². The van der Waals surface area contributed by atoms with E-state index in [-0.39, 0.29) is 0 Å². The zero-order valence-corrected chi connectivity index (χ0v) is 5.66. The fourth-order valence-electron chi connectivity index (χ4n) is 0.679. The van der Waals surface area contributed by atoms with Gasteiger partial charge in [-0.25, -0.2) is 0 Å². The van der Waals surface area contributed by atoms with E-state index in [1.54, 1.807) is 0 Å². The Morgan fingerprint density at radius 1 is 1.71 bits per heavy atom. The molecule has 2 heteroatoms. The first kappa shape index (κ1) is 5.32. The first-order chi connectivity index (χ1) is 3.43. The molecule has 7 heavy (non-hydrogen) atoms. The fraction of sp³-hybridized carbons (Fsp3) is 0.600. The third kappa shape index (κ3) is 1.28. The summed E-state index contributed by atoms with van der Waals surface area (Å²) in [5, 5.41) is 3.22. The van der Waals surface area contributed by atoms with Crippen LogP contribution in [0.15, 0.2) is 10.6 Å². The van der Waals surface area contributed by atoms with Gasteiger partial charge in [-0.2, -0.15) is 0 Å². The fourth-order valence-corrected chi connectivity index (χ4v) is 1.07. The van der Waals surface area contributed by atoms with Crippen molar-refractivity contribution in [3.05, 3.63) is 10.6 Å². The zero-order chi connectivity index (χ0) is 5.11. The van der Waals surface area contributed by atoms with Crippen LogP contribution in [0.1, 0.15) is 6.42 Å². The summed E-state index contributed by atoms with van der Waals surface area (Å²) in [6, 6.07) is 0. The summed E-state index contributed by atoms with van der Waals surface area (Å²) in [7, 11) is 0. The van der Waals surface area contributed by atoms with Gasteiger partial charge in [0.1, 0.15) is 0 Å². The molecule has 0 aromatic carbocycles. The highest BCUT2D eigenvalue weighted by atomic mass is 79.9. The molecule has 0 unspecified atom stereocenters. The third-order valence-corrected chi connectivity index (χ3v) is 1.78. The van der Waals surface area contributed by atoms with Crippen molar-refractivity contribution in [2.75, 3.05) is 13.1 Å². The summed E-state index contributed by atoms with van der Waals surface area (Å²) in [5.41, 5.74) is 1.47. The molecule has 0 amide bonds. The topological polar surface area (TPSA) is 12.0 Å². The predicted molar refractivity (Wildman–Crippen MR) is 34.5 cm³/mol. The van der Waals surface area contributed by atoms with Crippen LogP contribution in [0.25, 0.3) is 0 Å². The van der Waals surface area contributed by atoms with Crippen molar-refractivity contribution in [1.82, 2.24) is 5.32 Å². The molecule has 1 aliphatic rings. The minimum Gasteiger partial charge on any atom is -0.313 e. The maximum atomic E-state index is 3.27. The Bertz CT molecular complexity index is 80.1. The maximum Gasteiger partial charge on any atom is 0.0173 e. The zero-order valence-electron chi connectivity index (χ0n) is 4.08. The first-order valence-electron chi connectivity index (χ1n) is 2.42. The van der Waals surface area contributed by atoms with Crippen molar-refractivity contribution in [3.8, 4) is 0 Å². The minimum absolute atomic E-state index is 1.07. The first-order valence-corrected chi connectivity index (χ1v) is 3.34. The molecule has 1 rings (SSSR count). The van der Waals surface area contributed by atoms with Crippen LogP contribution in [-0.2, 0) is 0 Å². The SMILES string of the molecule is Br/C=C1\CCNC1. The Morgan fingerprint density at radius 3 is 2.86 bits per heavy atom. The summed E-state index contributed by atoms with van der Waals surface area (Å²) < 4.78 is 0. The maximum absolute atomic E-state index is 3.27. The number of hydrogen-bond acceptors (Lipinski definition) is 1. The van der Waals surface area contributed by atoms with Crippen molar-refractivity contribution in [3.63, 3.8) is 0 Å². The van der Waals surface area contributed by atoms with Gasteiger partial charge >= 0.3 is 0 Å². The average Bonchev–Trinajstić information content (AvgIpc) is 2.14. The number of hydrogen-bond donors (Lipinski definition) is 1. The van der Waals surface area contributed by atoms with Crippen LogP contribution < -0.4 is 5.32 Å². The molecule has 0 radical (unpaired) electrons. The van der Waals surface area contributed by atoms with Gasteiger partial charge in [0.05, 0.1) is 0 Å². The molecule has 0 bridgehead atoms. The van der Waals surface area contributed by atoms with E-state index in [4.69, 9.17) is 0 Å². The van der Waals surface area contributed by atoms with Crippen molar-refractivity contribution >= 4 is 15.9 Å². The van der Waals surface area contributed by atoms with Gasteiger partial charge in [0.25, 0.3) is 0 Å². The Kier molecular flexibility index (Phi) is 1.88. The lowest BCUT2D eigenvalue weighted by atomic mass is 10.3. The molecule has 1 N–H and O–H groups in total. The van der Waals surface area contributed by atoms with Crippen molar-refractivity contribution in [1.29, 1.82) is 0 Å². The molecule has 0 spiro atoms. The molecule has 1 saturated heterocycles. The van der Waals surface area contributed by atoms with Gasteiger partial charge in [0.15, 0.2) is 0 Å². The second-order valence-corrected chi connectivity index (χ2v) is 2.15. The molecule has 1 nitrogen and oxygen atoms in total. The third-order valence-electron chi connectivity index (χ3n) is 1.13. The molecule has 0 atom stereocenters. The molecule has 1 aliphatic heterocycles. The van der Waals surface area contributed by atoms with Crippen LogP contribution in [0, 0.1) is 0 Å². The number of halogens is 1. The predicted octanol–water partition coefficient (Wildman–Crippen LogP) is 1.26. The van der Waals surface area contributed by atoms with Crippen LogP contribution in [0.5, 0.6) is 0 Å². The van der Waals surface area contributed by atoms with Crippen LogP contribution in [0.4, 0.5) is 0 Å². The van der Waals surface area contributed by atoms with E-state index in [1.807, 2.05) is 4.99 Å². The molecule has 0 saturated carbocycles. The molecule has 0 aromatic heterocycles. The molecule has 0 aliphatic carbocycles. The highest BCUT2D eigenvalue weighted by Crippen LogP contribution is 2.06. The van der Waals surface area contributed by atoms with Gasteiger partial charge in [-0.3, -0.25) is 0 Å². The lowest BCUT2D eigenvalue weighted by Crippen LogP contribution is -2.04. The van der Waals surface area contributed by atoms with E-state index < -0.39 is 0 Å². The molecule has 40 valence electrons. The molecule has 0 aromatic rings. The lowest BCUT2D eigenvalue weighted by Gasteiger charge is -1.83. The van der Waals surface area contributed by atoms with Crippen LogP contribution in [0.2, 0.25) is 0 Å². The minimum atomic E-state index is 1.07. The van der Waals surface area contributed by atoms with E-state index >= 15 is 0 Å². The second kappa shape index (κ2) is 2.48. The standard InChI is InChI=1S/C5H8BrN/c6-3-5-1-2-7-4-5/h3,7H,1-2,4H2/b5-3+. The van der Waals surface area contributed by atoms with Gasteiger partial charge in [0, 0.05) is 6.54 Å². The van der Waals surface area contributed by atoms with Crippen molar-refractivity contribution in [2.24, 2.45) is 0 Å². The number of nitrogens with one attached hydrogen (secondary N) is 1. The summed E-state index contributed by atoms with van der Waals surface area (Å²) in [6.45, 7) is 2.22. The Hall–Kier alpha value is 0.180. The average molecular weight is 162 g/mol. The molecular weight excluding hydrogens is 154 g/mol. The Balaban J connectivity index is 2.41. The van der Waals surface area contributed by atoms with E-state index in [2.05, 4.69) is 21.2 Å².